The van der Waals surface area contributed by atoms with Crippen molar-refractivity contribution >= 4 is 5.91 Å². The van der Waals surface area contributed by atoms with Gasteiger partial charge in [-0.3, -0.25) is 19.7 Å². The molecule has 3 aromatic rings. The van der Waals surface area contributed by atoms with E-state index in [4.69, 9.17) is 0 Å². The van der Waals surface area contributed by atoms with Gasteiger partial charge in [0.1, 0.15) is 5.82 Å². The maximum Gasteiger partial charge on any atom is 0.255 e. The quantitative estimate of drug-likeness (QED) is 0.713. The second kappa shape index (κ2) is 7.61. The van der Waals surface area contributed by atoms with Gasteiger partial charge in [0, 0.05) is 49.4 Å². The Labute approximate surface area is 156 Å². The number of hydrogen-bond acceptors (Lipinski definition) is 4. The van der Waals surface area contributed by atoms with E-state index in [9.17, 15) is 9.18 Å². The first-order valence-electron chi connectivity index (χ1n) is 8.98. The zero-order chi connectivity index (χ0) is 18.6. The van der Waals surface area contributed by atoms with Crippen LogP contribution in [0.4, 0.5) is 4.39 Å². The van der Waals surface area contributed by atoms with Crippen LogP contribution in [0.1, 0.15) is 34.8 Å². The summed E-state index contributed by atoms with van der Waals surface area (Å²) in [5.41, 5.74) is 2.78. The smallest absolute Gasteiger partial charge is 0.255 e. The van der Waals surface area contributed by atoms with E-state index in [1.54, 1.807) is 43.0 Å². The van der Waals surface area contributed by atoms with Crippen LogP contribution in [0.15, 0.2) is 61.2 Å². The predicted octanol–water partition coefficient (Wildman–Crippen LogP) is 3.70. The topological polar surface area (TPSA) is 59.0 Å². The van der Waals surface area contributed by atoms with Crippen molar-refractivity contribution in [3.63, 3.8) is 0 Å². The zero-order valence-electron chi connectivity index (χ0n) is 14.8. The highest BCUT2D eigenvalue weighted by Gasteiger charge is 2.28. The van der Waals surface area contributed by atoms with Crippen LogP contribution in [-0.2, 0) is 0 Å². The van der Waals surface area contributed by atoms with Crippen molar-refractivity contribution in [2.75, 3.05) is 13.1 Å². The lowest BCUT2D eigenvalue weighted by Gasteiger charge is -2.33. The van der Waals surface area contributed by atoms with Gasteiger partial charge in [0.25, 0.3) is 5.91 Å². The van der Waals surface area contributed by atoms with E-state index in [-0.39, 0.29) is 17.6 Å². The van der Waals surface area contributed by atoms with Crippen LogP contribution in [0.2, 0.25) is 0 Å². The summed E-state index contributed by atoms with van der Waals surface area (Å²) in [6, 6.07) is 9.92. The molecule has 0 spiro atoms. The predicted molar refractivity (Wildman–Crippen MR) is 99.5 cm³/mol. The number of piperidine rings is 1. The fourth-order valence-electron chi connectivity index (χ4n) is 3.56. The van der Waals surface area contributed by atoms with E-state index in [2.05, 4.69) is 15.0 Å². The van der Waals surface area contributed by atoms with Crippen LogP contribution in [0.3, 0.4) is 0 Å². The molecular weight excluding hydrogens is 343 g/mol. The monoisotopic (exact) mass is 362 g/mol. The minimum atomic E-state index is -0.305. The highest BCUT2D eigenvalue weighted by molar-refractivity contribution is 5.94. The van der Waals surface area contributed by atoms with Gasteiger partial charge in [-0.05, 0) is 37.1 Å². The molecule has 136 valence electrons. The first-order chi connectivity index (χ1) is 13.2. The number of likely N-dealkylation sites (tertiary alicyclic amines) is 1. The van der Waals surface area contributed by atoms with Crippen LogP contribution in [0, 0.1) is 5.82 Å². The molecule has 0 radical (unpaired) electrons. The van der Waals surface area contributed by atoms with E-state index in [0.29, 0.717) is 29.9 Å². The molecule has 5 nitrogen and oxygen atoms in total. The average molecular weight is 362 g/mol. The summed E-state index contributed by atoms with van der Waals surface area (Å²) in [5, 5.41) is 0. The van der Waals surface area contributed by atoms with Gasteiger partial charge >= 0.3 is 0 Å². The van der Waals surface area contributed by atoms with Gasteiger partial charge in [0.2, 0.25) is 0 Å². The molecule has 1 atom stereocenters. The first kappa shape index (κ1) is 17.3. The molecule has 0 N–H and O–H groups in total. The van der Waals surface area contributed by atoms with Crippen LogP contribution in [-0.4, -0.2) is 38.8 Å². The fourth-order valence-corrected chi connectivity index (χ4v) is 3.56. The molecule has 1 aromatic carbocycles. The summed E-state index contributed by atoms with van der Waals surface area (Å²) in [6.45, 7) is 1.27. The molecule has 1 fully saturated rings. The number of nitrogens with zero attached hydrogens (tertiary/aromatic N) is 4. The summed E-state index contributed by atoms with van der Waals surface area (Å²) in [4.78, 5) is 27.6. The average Bonchev–Trinajstić information content (AvgIpc) is 2.74. The molecule has 0 saturated carbocycles. The number of halogens is 1. The number of pyridine rings is 1. The molecule has 4 rings (SSSR count). The molecule has 27 heavy (non-hydrogen) atoms. The fraction of sp³-hybridized carbons (Fsp3) is 0.238. The van der Waals surface area contributed by atoms with Crippen molar-refractivity contribution in [2.24, 2.45) is 0 Å². The second-order valence-electron chi connectivity index (χ2n) is 6.63. The number of amides is 1. The van der Waals surface area contributed by atoms with Crippen LogP contribution < -0.4 is 0 Å². The Morgan fingerprint density at radius 1 is 1.11 bits per heavy atom. The van der Waals surface area contributed by atoms with Gasteiger partial charge in [-0.1, -0.05) is 12.1 Å². The lowest BCUT2D eigenvalue weighted by atomic mass is 9.91. The van der Waals surface area contributed by atoms with Gasteiger partial charge in [-0.25, -0.2) is 4.39 Å². The van der Waals surface area contributed by atoms with Crippen molar-refractivity contribution in [1.82, 2.24) is 19.9 Å². The third-order valence-corrected chi connectivity index (χ3v) is 4.83. The summed E-state index contributed by atoms with van der Waals surface area (Å²) in [7, 11) is 0. The van der Waals surface area contributed by atoms with Gasteiger partial charge in [0.05, 0.1) is 17.0 Å². The number of aromatic nitrogens is 3. The highest BCUT2D eigenvalue weighted by atomic mass is 19.1. The number of carbonyl (C=O) groups is 1. The minimum Gasteiger partial charge on any atom is -0.338 e. The third kappa shape index (κ3) is 3.69. The molecule has 3 heterocycles. The van der Waals surface area contributed by atoms with Crippen LogP contribution in [0.25, 0.3) is 11.3 Å². The molecular formula is C21H19FN4O. The largest absolute Gasteiger partial charge is 0.338 e. The Hall–Kier alpha value is -3.15. The van der Waals surface area contributed by atoms with Crippen molar-refractivity contribution in [1.29, 1.82) is 0 Å². The van der Waals surface area contributed by atoms with Gasteiger partial charge in [0.15, 0.2) is 0 Å². The van der Waals surface area contributed by atoms with Gasteiger partial charge in [-0.2, -0.15) is 0 Å². The normalized spacial score (nSPS) is 16.9. The Balaban J connectivity index is 1.62. The summed E-state index contributed by atoms with van der Waals surface area (Å²) < 4.78 is 13.7. The Morgan fingerprint density at radius 3 is 2.81 bits per heavy atom. The lowest BCUT2D eigenvalue weighted by molar-refractivity contribution is 0.0705. The summed E-state index contributed by atoms with van der Waals surface area (Å²) >= 11 is 0. The summed E-state index contributed by atoms with van der Waals surface area (Å²) in [6.07, 6.45) is 8.31. The van der Waals surface area contributed by atoms with Crippen LogP contribution in [0.5, 0.6) is 0 Å². The van der Waals surface area contributed by atoms with E-state index < -0.39 is 0 Å². The molecule has 2 aromatic heterocycles. The number of carbonyl (C=O) groups excluding carboxylic acids is 1. The first-order valence-corrected chi connectivity index (χ1v) is 8.98. The molecule has 1 amide bonds. The maximum atomic E-state index is 13.7. The molecule has 0 bridgehead atoms. The van der Waals surface area contributed by atoms with Gasteiger partial charge in [-0.15, -0.1) is 0 Å². The SMILES string of the molecule is O=C(c1cccnc1)N1CCCC(c2nccnc2-c2cccc(F)c2)C1. The summed E-state index contributed by atoms with van der Waals surface area (Å²) in [5.74, 6) is -0.267. The molecule has 1 aliphatic rings. The van der Waals surface area contributed by atoms with Crippen molar-refractivity contribution in [3.8, 4) is 11.3 Å². The van der Waals surface area contributed by atoms with E-state index >= 15 is 0 Å². The number of hydrogen-bond donors (Lipinski definition) is 0. The second-order valence-corrected chi connectivity index (χ2v) is 6.63. The standard InChI is InChI=1S/C21H19FN4O/c22-18-7-1-4-15(12-18)19-20(25-10-9-24-19)17-6-3-11-26(14-17)21(27)16-5-2-8-23-13-16/h1-2,4-5,7-10,12-13,17H,3,6,11,14H2. The van der Waals surface area contributed by atoms with Crippen molar-refractivity contribution < 1.29 is 9.18 Å². The van der Waals surface area contributed by atoms with Crippen molar-refractivity contribution in [2.45, 2.75) is 18.8 Å². The molecule has 6 heteroatoms. The van der Waals surface area contributed by atoms with Gasteiger partial charge < -0.3 is 4.90 Å². The highest BCUT2D eigenvalue weighted by Crippen LogP contribution is 2.32. The van der Waals surface area contributed by atoms with Crippen molar-refractivity contribution in [3.05, 3.63) is 78.3 Å². The molecule has 1 saturated heterocycles. The minimum absolute atomic E-state index is 0.0241. The zero-order valence-corrected chi connectivity index (χ0v) is 14.8. The Morgan fingerprint density at radius 2 is 2.00 bits per heavy atom. The third-order valence-electron chi connectivity index (χ3n) is 4.83. The molecule has 1 unspecified atom stereocenters. The number of benzene rings is 1. The van der Waals surface area contributed by atoms with Crippen LogP contribution >= 0.6 is 0 Å². The van der Waals surface area contributed by atoms with E-state index in [0.717, 1.165) is 18.5 Å². The molecule has 1 aliphatic heterocycles. The van der Waals surface area contributed by atoms with E-state index in [1.807, 2.05) is 11.0 Å². The maximum absolute atomic E-state index is 13.7. The molecule has 0 aliphatic carbocycles. The Kier molecular flexibility index (Phi) is 4.87. The lowest BCUT2D eigenvalue weighted by Crippen LogP contribution is -2.39. The van der Waals surface area contributed by atoms with E-state index in [1.165, 1.54) is 12.1 Å². The Bertz CT molecular complexity index is 948. The number of rotatable bonds is 3.